The van der Waals surface area contributed by atoms with Crippen LogP contribution >= 0.6 is 0 Å². The lowest BCUT2D eigenvalue weighted by Crippen LogP contribution is -2.17. The average Bonchev–Trinajstić information content (AvgIpc) is 3.49. The standard InChI is InChI=1S/C28H31FN2O3/c1-18-6-2-3-10-25(31-17-20-7-5-15-34-20)26-19(16-18)11-12-22(26)28(33)23-9-4-8-21(27(23)29)24(30)13-14-32/h2,4,6,8-9,12,20,30,32H,1,3,5,7,10-11,13-17H2. The summed E-state index contributed by atoms with van der Waals surface area (Å²) < 4.78 is 21.1. The van der Waals surface area contributed by atoms with E-state index < -0.39 is 11.6 Å². The lowest BCUT2D eigenvalue weighted by atomic mass is 9.90. The predicted molar refractivity (Wildman–Crippen MR) is 132 cm³/mol. The number of aliphatic imine (C=N–C) groups is 1. The topological polar surface area (TPSA) is 82.7 Å². The van der Waals surface area contributed by atoms with Crippen molar-refractivity contribution in [1.82, 2.24) is 0 Å². The van der Waals surface area contributed by atoms with E-state index in [9.17, 15) is 4.79 Å². The van der Waals surface area contributed by atoms with E-state index in [1.165, 1.54) is 12.1 Å². The summed E-state index contributed by atoms with van der Waals surface area (Å²) in [7, 11) is 0. The number of carbonyl (C=O) groups is 1. The van der Waals surface area contributed by atoms with E-state index in [1.54, 1.807) is 6.07 Å². The quantitative estimate of drug-likeness (QED) is 0.426. The number of aliphatic hydroxyl groups is 1. The molecule has 5 nitrogen and oxygen atoms in total. The zero-order chi connectivity index (χ0) is 24.1. The normalized spacial score (nSPS) is 21.8. The van der Waals surface area contributed by atoms with Gasteiger partial charge in [0.15, 0.2) is 5.78 Å². The van der Waals surface area contributed by atoms with Crippen molar-refractivity contribution in [2.75, 3.05) is 19.8 Å². The summed E-state index contributed by atoms with van der Waals surface area (Å²) >= 11 is 0. The Bertz CT molecular complexity index is 1120. The Kier molecular flexibility index (Phi) is 7.80. The summed E-state index contributed by atoms with van der Waals surface area (Å²) in [5, 5.41) is 17.2. The molecule has 1 aliphatic heterocycles. The van der Waals surface area contributed by atoms with E-state index in [4.69, 9.17) is 20.2 Å². The highest BCUT2D eigenvalue weighted by atomic mass is 19.1. The molecule has 0 spiro atoms. The van der Waals surface area contributed by atoms with Crippen molar-refractivity contribution in [3.05, 3.63) is 82.2 Å². The van der Waals surface area contributed by atoms with Crippen molar-refractivity contribution in [1.29, 1.82) is 5.41 Å². The lowest BCUT2D eigenvalue weighted by molar-refractivity contribution is 0.103. The molecule has 1 saturated heterocycles. The molecule has 2 aliphatic carbocycles. The molecule has 1 atom stereocenters. The van der Waals surface area contributed by atoms with E-state index in [0.29, 0.717) is 31.4 Å². The maximum absolute atomic E-state index is 15.3. The van der Waals surface area contributed by atoms with E-state index in [-0.39, 0.29) is 36.0 Å². The molecule has 6 heteroatoms. The van der Waals surface area contributed by atoms with E-state index in [2.05, 4.69) is 12.7 Å². The van der Waals surface area contributed by atoms with E-state index >= 15 is 4.39 Å². The van der Waals surface area contributed by atoms with Crippen molar-refractivity contribution < 1.29 is 19.0 Å². The molecule has 0 bridgehead atoms. The van der Waals surface area contributed by atoms with Gasteiger partial charge < -0.3 is 15.3 Å². The van der Waals surface area contributed by atoms with Crippen LogP contribution in [0, 0.1) is 11.2 Å². The predicted octanol–water partition coefficient (Wildman–Crippen LogP) is 5.30. The number of allylic oxidation sites excluding steroid dienone is 7. The lowest BCUT2D eigenvalue weighted by Gasteiger charge is -2.16. The van der Waals surface area contributed by atoms with Crippen molar-refractivity contribution in [3.8, 4) is 0 Å². The number of aliphatic hydroxyl groups excluding tert-OH is 1. The first-order chi connectivity index (χ1) is 16.5. The third-order valence-corrected chi connectivity index (χ3v) is 6.49. The zero-order valence-corrected chi connectivity index (χ0v) is 19.4. The molecule has 1 aromatic carbocycles. The van der Waals surface area contributed by atoms with E-state index in [1.807, 2.05) is 12.2 Å². The van der Waals surface area contributed by atoms with Crippen LogP contribution in [0.1, 0.15) is 60.9 Å². The molecular weight excluding hydrogens is 431 g/mol. The molecule has 1 aromatic rings. The molecule has 2 N–H and O–H groups in total. The van der Waals surface area contributed by atoms with Gasteiger partial charge in [-0.25, -0.2) is 4.39 Å². The number of halogens is 1. The number of benzene rings is 1. The van der Waals surface area contributed by atoms with Crippen molar-refractivity contribution in [2.45, 2.75) is 51.0 Å². The number of carbonyl (C=O) groups excluding carboxylic acids is 1. The fraction of sp³-hybridized carbons (Fsp3) is 0.393. The highest BCUT2D eigenvalue weighted by Gasteiger charge is 2.30. The number of hydrogen-bond donors (Lipinski definition) is 2. The van der Waals surface area contributed by atoms with Crippen molar-refractivity contribution in [3.63, 3.8) is 0 Å². The minimum Gasteiger partial charge on any atom is -0.396 e. The van der Waals surface area contributed by atoms with Crippen LogP contribution < -0.4 is 0 Å². The van der Waals surface area contributed by atoms with Gasteiger partial charge in [-0.1, -0.05) is 48.1 Å². The molecule has 34 heavy (non-hydrogen) atoms. The van der Waals surface area contributed by atoms with Gasteiger partial charge >= 0.3 is 0 Å². The molecule has 0 aromatic heterocycles. The Hall–Kier alpha value is -2.96. The molecule has 178 valence electrons. The summed E-state index contributed by atoms with van der Waals surface area (Å²) in [5.41, 5.74) is 4.17. The number of ketones is 1. The van der Waals surface area contributed by atoms with Gasteiger partial charge in [0.25, 0.3) is 0 Å². The van der Waals surface area contributed by atoms with Crippen LogP contribution in [0.5, 0.6) is 0 Å². The molecule has 1 fully saturated rings. The Balaban J connectivity index is 1.70. The monoisotopic (exact) mass is 462 g/mol. The summed E-state index contributed by atoms with van der Waals surface area (Å²) in [4.78, 5) is 18.6. The van der Waals surface area contributed by atoms with Gasteiger partial charge in [0, 0.05) is 47.8 Å². The fourth-order valence-corrected chi connectivity index (χ4v) is 4.76. The number of rotatable bonds is 7. The molecule has 1 heterocycles. The number of hydrogen-bond acceptors (Lipinski definition) is 5. The highest BCUT2D eigenvalue weighted by Crippen LogP contribution is 2.36. The summed E-state index contributed by atoms with van der Waals surface area (Å²) in [5.74, 6) is -1.11. The minimum atomic E-state index is -0.715. The molecule has 3 aliphatic rings. The summed E-state index contributed by atoms with van der Waals surface area (Å²) in [6.07, 6.45) is 10.9. The molecule has 0 amide bonds. The third kappa shape index (κ3) is 5.24. The van der Waals surface area contributed by atoms with E-state index in [0.717, 1.165) is 48.3 Å². The zero-order valence-electron chi connectivity index (χ0n) is 19.4. The molecule has 1 unspecified atom stereocenters. The first kappa shape index (κ1) is 24.2. The summed E-state index contributed by atoms with van der Waals surface area (Å²) in [6.45, 7) is 5.22. The number of ether oxygens (including phenoxy) is 1. The first-order valence-corrected chi connectivity index (χ1v) is 11.9. The Morgan fingerprint density at radius 3 is 2.91 bits per heavy atom. The second-order valence-electron chi connectivity index (χ2n) is 8.95. The Morgan fingerprint density at radius 2 is 2.15 bits per heavy atom. The van der Waals surface area contributed by atoms with Crippen LogP contribution in [0.3, 0.4) is 0 Å². The second kappa shape index (κ2) is 11.0. The summed E-state index contributed by atoms with van der Waals surface area (Å²) in [6, 6.07) is 4.53. The molecule has 0 radical (unpaired) electrons. The molecule has 4 rings (SSSR count). The SMILES string of the molecule is C=C1C=CCCC(=NCC2CCCO2)C2=C(CC=C2C(=O)c2cccc(C(=N)CCO)c2F)C1. The van der Waals surface area contributed by atoms with Crippen LogP contribution in [-0.2, 0) is 4.74 Å². The van der Waals surface area contributed by atoms with Crippen LogP contribution in [0.25, 0.3) is 0 Å². The van der Waals surface area contributed by atoms with Gasteiger partial charge in [0.1, 0.15) is 5.82 Å². The maximum Gasteiger partial charge on any atom is 0.196 e. The van der Waals surface area contributed by atoms with Crippen LogP contribution in [-0.4, -0.2) is 48.2 Å². The first-order valence-electron chi connectivity index (χ1n) is 11.9. The van der Waals surface area contributed by atoms with Crippen LogP contribution in [0.2, 0.25) is 0 Å². The van der Waals surface area contributed by atoms with Gasteiger partial charge in [-0.05, 0) is 44.6 Å². The smallest absolute Gasteiger partial charge is 0.196 e. The van der Waals surface area contributed by atoms with Gasteiger partial charge in [-0.15, -0.1) is 0 Å². The van der Waals surface area contributed by atoms with Crippen molar-refractivity contribution >= 4 is 17.2 Å². The van der Waals surface area contributed by atoms with Crippen LogP contribution in [0.15, 0.2) is 70.3 Å². The third-order valence-electron chi connectivity index (χ3n) is 6.49. The number of nitrogens with zero attached hydrogens (tertiary/aromatic N) is 1. The van der Waals surface area contributed by atoms with Crippen molar-refractivity contribution in [2.24, 2.45) is 4.99 Å². The van der Waals surface area contributed by atoms with Crippen LogP contribution in [0.4, 0.5) is 4.39 Å². The highest BCUT2D eigenvalue weighted by molar-refractivity contribution is 6.21. The maximum atomic E-state index is 15.3. The van der Waals surface area contributed by atoms with Gasteiger partial charge in [0.05, 0.1) is 18.2 Å². The Labute approximate surface area is 199 Å². The Morgan fingerprint density at radius 1 is 1.32 bits per heavy atom. The minimum absolute atomic E-state index is 0.0291. The molecule has 0 saturated carbocycles. The molecular formula is C28H31FN2O3. The number of nitrogens with one attached hydrogen (secondary N) is 1. The second-order valence-corrected chi connectivity index (χ2v) is 8.95. The van der Waals surface area contributed by atoms with Gasteiger partial charge in [-0.3, -0.25) is 9.79 Å². The number of Topliss-reactive ketones (excluding diaryl/α,β-unsaturated/α-hetero) is 1. The van der Waals surface area contributed by atoms with Gasteiger partial charge in [0.2, 0.25) is 0 Å². The van der Waals surface area contributed by atoms with Gasteiger partial charge in [-0.2, -0.15) is 0 Å². The average molecular weight is 463 g/mol. The largest absolute Gasteiger partial charge is 0.396 e. The fourth-order valence-electron chi connectivity index (χ4n) is 4.76.